The third-order valence-electron chi connectivity index (χ3n) is 6.39. The Hall–Kier alpha value is -1.94. The highest BCUT2D eigenvalue weighted by Gasteiger charge is 2.42. The fraction of sp³-hybridized carbons (Fsp3) is 0.762. The van der Waals surface area contributed by atoms with Gasteiger partial charge in [0.15, 0.2) is 5.82 Å². The van der Waals surface area contributed by atoms with Crippen molar-refractivity contribution in [1.82, 2.24) is 15.1 Å². The fourth-order valence-corrected chi connectivity index (χ4v) is 4.77. The summed E-state index contributed by atoms with van der Waals surface area (Å²) >= 11 is 0. The number of hydrogen-bond acceptors (Lipinski definition) is 6. The second kappa shape index (κ2) is 10.1. The number of aromatic nitrogens is 2. The average molecular weight is 444 g/mol. The van der Waals surface area contributed by atoms with E-state index in [1.807, 2.05) is 6.92 Å². The van der Waals surface area contributed by atoms with E-state index in [9.17, 15) is 13.2 Å². The molecule has 0 bridgehead atoms. The fourth-order valence-electron chi connectivity index (χ4n) is 4.77. The van der Waals surface area contributed by atoms with Crippen molar-refractivity contribution in [2.45, 2.75) is 45.2 Å². The second-order valence-electron chi connectivity index (χ2n) is 8.90. The zero-order chi connectivity index (χ0) is 22.5. The van der Waals surface area contributed by atoms with Crippen molar-refractivity contribution in [1.29, 1.82) is 0 Å². The van der Waals surface area contributed by atoms with E-state index < -0.39 is 12.1 Å². The number of piperidine rings is 1. The van der Waals surface area contributed by atoms with Gasteiger partial charge in [0.1, 0.15) is 0 Å². The maximum Gasteiger partial charge on any atom is 0.490 e. The summed E-state index contributed by atoms with van der Waals surface area (Å²) in [5.74, 6) is -0.855. The molecule has 0 aliphatic carbocycles. The van der Waals surface area contributed by atoms with Crippen LogP contribution in [0.1, 0.15) is 37.8 Å². The molecule has 10 heteroatoms. The Morgan fingerprint density at radius 3 is 2.52 bits per heavy atom. The van der Waals surface area contributed by atoms with E-state index in [0.717, 1.165) is 43.7 Å². The number of rotatable bonds is 3. The summed E-state index contributed by atoms with van der Waals surface area (Å²) in [7, 11) is 0. The van der Waals surface area contributed by atoms with Crippen LogP contribution in [0.25, 0.3) is 0 Å². The summed E-state index contributed by atoms with van der Waals surface area (Å²) < 4.78 is 37.2. The van der Waals surface area contributed by atoms with E-state index in [-0.39, 0.29) is 0 Å². The number of likely N-dealkylation sites (tertiary alicyclic amines) is 1. The van der Waals surface area contributed by atoms with Crippen molar-refractivity contribution < 1.29 is 27.8 Å². The molecule has 0 aromatic carbocycles. The van der Waals surface area contributed by atoms with Crippen LogP contribution in [0.2, 0.25) is 0 Å². The molecule has 3 fully saturated rings. The molecule has 0 amide bonds. The number of aliphatic carboxylic acids is 1. The van der Waals surface area contributed by atoms with Crippen molar-refractivity contribution in [3.63, 3.8) is 0 Å². The highest BCUT2D eigenvalue weighted by Crippen LogP contribution is 2.40. The maximum absolute atomic E-state index is 10.6. The van der Waals surface area contributed by atoms with Crippen LogP contribution < -0.4 is 4.90 Å². The van der Waals surface area contributed by atoms with Crippen LogP contribution in [0.15, 0.2) is 12.1 Å². The van der Waals surface area contributed by atoms with Crippen LogP contribution in [0.4, 0.5) is 19.0 Å². The van der Waals surface area contributed by atoms with E-state index in [0.29, 0.717) is 5.41 Å². The Labute approximate surface area is 180 Å². The first-order valence-corrected chi connectivity index (χ1v) is 10.8. The molecule has 174 valence electrons. The number of aryl methyl sites for hydroxylation is 1. The van der Waals surface area contributed by atoms with E-state index in [1.165, 1.54) is 51.7 Å². The minimum Gasteiger partial charge on any atom is -0.475 e. The molecule has 1 unspecified atom stereocenters. The Balaban J connectivity index is 0.000000339. The van der Waals surface area contributed by atoms with Gasteiger partial charge < -0.3 is 19.6 Å². The highest BCUT2D eigenvalue weighted by molar-refractivity contribution is 5.73. The summed E-state index contributed by atoms with van der Waals surface area (Å²) in [5.41, 5.74) is 1.46. The largest absolute Gasteiger partial charge is 0.490 e. The topological polar surface area (TPSA) is 78.8 Å². The third kappa shape index (κ3) is 6.77. The van der Waals surface area contributed by atoms with Crippen molar-refractivity contribution in [3.05, 3.63) is 17.8 Å². The van der Waals surface area contributed by atoms with E-state index in [2.05, 4.69) is 32.1 Å². The van der Waals surface area contributed by atoms with Gasteiger partial charge in [-0.3, -0.25) is 0 Å². The van der Waals surface area contributed by atoms with Gasteiger partial charge in [-0.2, -0.15) is 18.3 Å². The zero-order valence-electron chi connectivity index (χ0n) is 17.9. The molecule has 0 saturated carbocycles. The average Bonchev–Trinajstić information content (AvgIpc) is 3.10. The molecular formula is C21H31F3N4O3. The predicted molar refractivity (Wildman–Crippen MR) is 109 cm³/mol. The minimum atomic E-state index is -5.08. The smallest absolute Gasteiger partial charge is 0.475 e. The lowest BCUT2D eigenvalue weighted by Crippen LogP contribution is -2.45. The number of alkyl halides is 3. The number of halogens is 3. The molecule has 31 heavy (non-hydrogen) atoms. The normalized spacial score (nSPS) is 25.4. The van der Waals surface area contributed by atoms with Crippen LogP contribution in [-0.4, -0.2) is 78.3 Å². The van der Waals surface area contributed by atoms with Gasteiger partial charge in [0.05, 0.1) is 5.69 Å². The van der Waals surface area contributed by atoms with Crippen molar-refractivity contribution in [3.8, 4) is 0 Å². The van der Waals surface area contributed by atoms with Gasteiger partial charge in [-0.05, 0) is 63.6 Å². The van der Waals surface area contributed by atoms with Crippen LogP contribution in [0.3, 0.4) is 0 Å². The molecule has 3 aliphatic rings. The molecule has 7 nitrogen and oxygen atoms in total. The lowest BCUT2D eigenvalue weighted by molar-refractivity contribution is -0.192. The van der Waals surface area contributed by atoms with Crippen LogP contribution >= 0.6 is 0 Å². The number of carboxylic acid groups (broad SMARTS) is 1. The predicted octanol–water partition coefficient (Wildman–Crippen LogP) is 3.14. The van der Waals surface area contributed by atoms with Crippen LogP contribution in [0.5, 0.6) is 0 Å². The zero-order valence-corrected chi connectivity index (χ0v) is 17.9. The van der Waals surface area contributed by atoms with Crippen LogP contribution in [0, 0.1) is 18.3 Å². The van der Waals surface area contributed by atoms with Gasteiger partial charge in [-0.1, -0.05) is 0 Å². The quantitative estimate of drug-likeness (QED) is 0.767. The Kier molecular flexibility index (Phi) is 7.74. The van der Waals surface area contributed by atoms with Gasteiger partial charge in [-0.25, -0.2) is 4.79 Å². The first kappa shape index (κ1) is 23.7. The first-order valence-electron chi connectivity index (χ1n) is 10.8. The number of hydrogen-bond donors (Lipinski definition) is 1. The second-order valence-corrected chi connectivity index (χ2v) is 8.90. The van der Waals surface area contributed by atoms with Gasteiger partial charge in [0, 0.05) is 44.8 Å². The molecule has 1 spiro atoms. The van der Waals surface area contributed by atoms with Gasteiger partial charge in [-0.15, -0.1) is 5.10 Å². The van der Waals surface area contributed by atoms with Gasteiger partial charge in [0.25, 0.3) is 0 Å². The van der Waals surface area contributed by atoms with Crippen LogP contribution in [-0.2, 0) is 9.53 Å². The molecular weight excluding hydrogens is 413 g/mol. The number of carboxylic acids is 1. The molecule has 1 N–H and O–H groups in total. The van der Waals surface area contributed by atoms with Gasteiger partial charge >= 0.3 is 12.1 Å². The summed E-state index contributed by atoms with van der Waals surface area (Å²) in [6.07, 6.45) is 1.39. The molecule has 3 saturated heterocycles. The maximum atomic E-state index is 10.6. The molecule has 1 atom stereocenters. The van der Waals surface area contributed by atoms with Gasteiger partial charge in [0.2, 0.25) is 0 Å². The number of anilines is 1. The minimum absolute atomic E-state index is 0.468. The Morgan fingerprint density at radius 2 is 1.90 bits per heavy atom. The molecule has 1 aromatic rings. The highest BCUT2D eigenvalue weighted by atomic mass is 19.4. The lowest BCUT2D eigenvalue weighted by atomic mass is 9.79. The number of carbonyl (C=O) groups is 1. The van der Waals surface area contributed by atoms with E-state index in [4.69, 9.17) is 14.6 Å². The number of ether oxygens (including phenoxy) is 1. The summed E-state index contributed by atoms with van der Waals surface area (Å²) in [4.78, 5) is 14.1. The first-order chi connectivity index (χ1) is 14.7. The molecule has 4 heterocycles. The molecule has 4 rings (SSSR count). The summed E-state index contributed by atoms with van der Waals surface area (Å²) in [6, 6.07) is 4.21. The third-order valence-corrected chi connectivity index (χ3v) is 6.39. The molecule has 3 aliphatic heterocycles. The summed E-state index contributed by atoms with van der Waals surface area (Å²) in [6.45, 7) is 10.0. The summed E-state index contributed by atoms with van der Waals surface area (Å²) in [5, 5.41) is 15.8. The van der Waals surface area contributed by atoms with Crippen molar-refractivity contribution in [2.75, 3.05) is 50.8 Å². The monoisotopic (exact) mass is 444 g/mol. The van der Waals surface area contributed by atoms with Crippen molar-refractivity contribution in [2.24, 2.45) is 11.3 Å². The van der Waals surface area contributed by atoms with E-state index >= 15 is 0 Å². The Bertz CT molecular complexity index is 726. The molecule has 1 aromatic heterocycles. The van der Waals surface area contributed by atoms with E-state index in [1.54, 1.807) is 0 Å². The van der Waals surface area contributed by atoms with Crippen molar-refractivity contribution >= 4 is 11.8 Å². The molecule has 0 radical (unpaired) electrons. The SMILES string of the molecule is Cc1ccc(N2CCCC3(CCN(CC4CCOCC4)C3)C2)nn1.O=C(O)C(F)(F)F. The Morgan fingerprint density at radius 1 is 1.19 bits per heavy atom. The number of nitrogens with zero attached hydrogens (tertiary/aromatic N) is 4. The standard InChI is InChI=1S/C19H30N4O.C2HF3O2/c1-16-3-4-18(21-20-16)23-9-2-7-19(15-23)8-10-22(14-19)13-17-5-11-24-12-6-17;3-2(4,5)1(6)7/h3-4,17H,2,5-15H2,1H3;(H,6,7). The lowest BCUT2D eigenvalue weighted by Gasteiger charge is -2.41.